The molecule has 2 amide bonds. The minimum absolute atomic E-state index is 0.166. The van der Waals surface area contributed by atoms with Gasteiger partial charge < -0.3 is 9.84 Å². The normalized spacial score (nSPS) is 18.5. The molecule has 0 aromatic heterocycles. The van der Waals surface area contributed by atoms with E-state index in [1.54, 1.807) is 25.1 Å². The van der Waals surface area contributed by atoms with Crippen molar-refractivity contribution < 1.29 is 19.4 Å². The van der Waals surface area contributed by atoms with Gasteiger partial charge in [-0.05, 0) is 54.7 Å². The molecule has 0 bridgehead atoms. The molecule has 0 saturated carbocycles. The molecule has 1 aliphatic heterocycles. The van der Waals surface area contributed by atoms with Crippen LogP contribution in [0.3, 0.4) is 0 Å². The monoisotopic (exact) mass is 509 g/mol. The molecule has 2 aromatic rings. The van der Waals surface area contributed by atoms with Gasteiger partial charge in [-0.3, -0.25) is 14.8 Å². The molecular weight excluding hydrogens is 478 g/mol. The van der Waals surface area contributed by atoms with Crippen LogP contribution in [0.25, 0.3) is 0 Å². The summed E-state index contributed by atoms with van der Waals surface area (Å²) in [5, 5.41) is 10.6. The van der Waals surface area contributed by atoms with Gasteiger partial charge >= 0.3 is 6.09 Å². The Labute approximate surface area is 195 Å². The molecule has 1 fully saturated rings. The van der Waals surface area contributed by atoms with E-state index in [0.717, 1.165) is 14.9 Å². The van der Waals surface area contributed by atoms with Gasteiger partial charge in [0.1, 0.15) is 6.61 Å². The fraction of sp³-hybridized carbons (Fsp3) is 0.417. The van der Waals surface area contributed by atoms with Crippen LogP contribution in [0.5, 0.6) is 0 Å². The average Bonchev–Trinajstić information content (AvgIpc) is 3.05. The highest BCUT2D eigenvalue weighted by Crippen LogP contribution is 2.29. The quantitative estimate of drug-likeness (QED) is 0.614. The van der Waals surface area contributed by atoms with Crippen LogP contribution in [0, 0.1) is 5.92 Å². The molecule has 7 heteroatoms. The van der Waals surface area contributed by atoms with Crippen LogP contribution in [0.4, 0.5) is 4.79 Å². The Morgan fingerprint density at radius 1 is 1.16 bits per heavy atom. The molecule has 0 radical (unpaired) electrons. The number of carbonyl (C=O) groups excluding carboxylic acids is 2. The first-order chi connectivity index (χ1) is 14.5. The number of nitrogens with zero attached hydrogens (tertiary/aromatic N) is 1. The summed E-state index contributed by atoms with van der Waals surface area (Å²) < 4.78 is 5.92. The SMILES string of the molecule is CS(C)(C)C.C[C@H](C(=O)N1C(=O)OC[C@H]1Cc1ccccc1)[C@@H](O)c1cccc(Br)c1. The van der Waals surface area contributed by atoms with E-state index in [9.17, 15) is 14.7 Å². The van der Waals surface area contributed by atoms with Gasteiger partial charge in [-0.25, -0.2) is 9.69 Å². The first kappa shape index (κ1) is 25.4. The molecule has 1 saturated heterocycles. The third kappa shape index (κ3) is 7.98. The number of hydrogen-bond donors (Lipinski definition) is 1. The number of carbonyl (C=O) groups is 2. The van der Waals surface area contributed by atoms with Gasteiger partial charge in [0, 0.05) is 4.47 Å². The summed E-state index contributed by atoms with van der Waals surface area (Å²) in [6, 6.07) is 16.4. The lowest BCUT2D eigenvalue weighted by Gasteiger charge is -2.26. The van der Waals surface area contributed by atoms with E-state index in [4.69, 9.17) is 4.74 Å². The number of imide groups is 1. The van der Waals surface area contributed by atoms with Crippen molar-refractivity contribution in [1.29, 1.82) is 0 Å². The summed E-state index contributed by atoms with van der Waals surface area (Å²) in [6.07, 6.45) is 7.95. The van der Waals surface area contributed by atoms with Gasteiger partial charge in [0.2, 0.25) is 5.91 Å². The Morgan fingerprint density at radius 2 is 1.77 bits per heavy atom. The minimum atomic E-state index is -1.01. The highest BCUT2D eigenvalue weighted by molar-refractivity contribution is 9.10. The zero-order valence-corrected chi connectivity index (χ0v) is 21.2. The molecule has 0 spiro atoms. The van der Waals surface area contributed by atoms with Crippen molar-refractivity contribution in [1.82, 2.24) is 4.90 Å². The summed E-state index contributed by atoms with van der Waals surface area (Å²) in [4.78, 5) is 26.2. The molecule has 0 unspecified atom stereocenters. The van der Waals surface area contributed by atoms with Gasteiger partial charge in [-0.1, -0.05) is 65.3 Å². The zero-order valence-electron chi connectivity index (χ0n) is 18.7. The van der Waals surface area contributed by atoms with Crippen LogP contribution < -0.4 is 0 Å². The molecule has 2 aromatic carbocycles. The largest absolute Gasteiger partial charge is 0.447 e. The van der Waals surface area contributed by atoms with E-state index in [2.05, 4.69) is 41.0 Å². The molecule has 1 aliphatic rings. The smallest absolute Gasteiger partial charge is 0.416 e. The Kier molecular flexibility index (Phi) is 9.15. The third-order valence-corrected chi connectivity index (χ3v) is 5.06. The van der Waals surface area contributed by atoms with E-state index in [0.29, 0.717) is 12.0 Å². The van der Waals surface area contributed by atoms with Crippen molar-refractivity contribution in [2.24, 2.45) is 5.92 Å². The number of ether oxygens (including phenoxy) is 1. The van der Waals surface area contributed by atoms with E-state index in [1.807, 2.05) is 36.4 Å². The second kappa shape index (κ2) is 11.2. The average molecular weight is 510 g/mol. The van der Waals surface area contributed by atoms with Gasteiger partial charge in [0.15, 0.2) is 0 Å². The number of halogens is 1. The summed E-state index contributed by atoms with van der Waals surface area (Å²) >= 11 is 3.36. The summed E-state index contributed by atoms with van der Waals surface area (Å²) in [6.45, 7) is 1.79. The van der Waals surface area contributed by atoms with Crippen molar-refractivity contribution in [3.63, 3.8) is 0 Å². The fourth-order valence-corrected chi connectivity index (χ4v) is 3.52. The highest BCUT2D eigenvalue weighted by atomic mass is 79.9. The zero-order chi connectivity index (χ0) is 23.2. The van der Waals surface area contributed by atoms with Crippen LogP contribution in [0.1, 0.15) is 24.2 Å². The summed E-state index contributed by atoms with van der Waals surface area (Å²) in [5.74, 6) is -1.20. The van der Waals surface area contributed by atoms with Crippen molar-refractivity contribution >= 4 is 38.0 Å². The third-order valence-electron chi connectivity index (χ3n) is 4.57. The van der Waals surface area contributed by atoms with Gasteiger partial charge in [0.05, 0.1) is 18.1 Å². The van der Waals surface area contributed by atoms with Crippen LogP contribution in [-0.2, 0) is 16.0 Å². The first-order valence-electron chi connectivity index (χ1n) is 10.1. The number of rotatable bonds is 5. The van der Waals surface area contributed by atoms with E-state index >= 15 is 0 Å². The predicted molar refractivity (Wildman–Crippen MR) is 132 cm³/mol. The summed E-state index contributed by atoms with van der Waals surface area (Å²) in [5.41, 5.74) is 1.64. The van der Waals surface area contributed by atoms with E-state index < -0.39 is 24.0 Å². The molecule has 170 valence electrons. The van der Waals surface area contributed by atoms with Crippen LogP contribution >= 0.6 is 26.0 Å². The number of benzene rings is 2. The van der Waals surface area contributed by atoms with Gasteiger partial charge in [0.25, 0.3) is 0 Å². The number of cyclic esters (lactones) is 1. The number of aliphatic hydroxyl groups excluding tert-OH is 1. The molecule has 3 rings (SSSR count). The van der Waals surface area contributed by atoms with Crippen molar-refractivity contribution in [3.8, 4) is 0 Å². The maximum absolute atomic E-state index is 12.9. The van der Waals surface area contributed by atoms with E-state index in [-0.39, 0.29) is 22.7 Å². The van der Waals surface area contributed by atoms with Crippen molar-refractivity contribution in [3.05, 3.63) is 70.2 Å². The number of hydrogen-bond acceptors (Lipinski definition) is 4. The van der Waals surface area contributed by atoms with Gasteiger partial charge in [-0.15, -0.1) is 0 Å². The Bertz CT molecular complexity index is 879. The molecule has 1 N–H and O–H groups in total. The van der Waals surface area contributed by atoms with Crippen LogP contribution in [-0.4, -0.2) is 59.7 Å². The molecular formula is C24H32BrNO4S. The molecule has 0 aliphatic carbocycles. The maximum atomic E-state index is 12.9. The lowest BCUT2D eigenvalue weighted by Crippen LogP contribution is -2.44. The second-order valence-electron chi connectivity index (χ2n) is 8.87. The topological polar surface area (TPSA) is 66.8 Å². The van der Waals surface area contributed by atoms with Crippen molar-refractivity contribution in [2.45, 2.75) is 25.5 Å². The Balaban J connectivity index is 0.000000614. The molecule has 31 heavy (non-hydrogen) atoms. The molecule has 5 nitrogen and oxygen atoms in total. The van der Waals surface area contributed by atoms with Gasteiger partial charge in [-0.2, -0.15) is 0 Å². The van der Waals surface area contributed by atoms with Crippen LogP contribution in [0.2, 0.25) is 0 Å². The number of amides is 2. The minimum Gasteiger partial charge on any atom is -0.447 e. The first-order valence-corrected chi connectivity index (χ1v) is 14.1. The predicted octanol–water partition coefficient (Wildman–Crippen LogP) is 5.02. The Hall–Kier alpha value is -1.83. The lowest BCUT2D eigenvalue weighted by molar-refractivity contribution is -0.136. The van der Waals surface area contributed by atoms with E-state index in [1.165, 1.54) is 0 Å². The lowest BCUT2D eigenvalue weighted by atomic mass is 9.95. The molecule has 3 atom stereocenters. The summed E-state index contributed by atoms with van der Waals surface area (Å²) in [7, 11) is -0.167. The number of aliphatic hydroxyl groups is 1. The van der Waals surface area contributed by atoms with Crippen molar-refractivity contribution in [2.75, 3.05) is 31.6 Å². The standard InChI is InChI=1S/C20H20BrNO4.C4H12S/c1-13(18(23)15-8-5-9-16(21)11-15)19(24)22-17(12-26-20(22)25)10-14-6-3-2-4-7-14;1-5(2,3)4/h2-9,11,13,17-18,23H,10,12H2,1H3;1-4H3/t13-,17+,18+;/m0./s1. The Morgan fingerprint density at radius 3 is 2.35 bits per heavy atom. The van der Waals surface area contributed by atoms with Crippen LogP contribution in [0.15, 0.2) is 59.1 Å². The fourth-order valence-electron chi connectivity index (χ4n) is 3.10. The molecule has 1 heterocycles. The maximum Gasteiger partial charge on any atom is 0.416 e. The highest BCUT2D eigenvalue weighted by Gasteiger charge is 2.41. The second-order valence-corrected chi connectivity index (χ2v) is 14.7.